The second-order valence-electron chi connectivity index (χ2n) is 9.52. The molecule has 1 aliphatic heterocycles. The van der Waals surface area contributed by atoms with Crippen LogP contribution in [-0.4, -0.2) is 41.0 Å². The van der Waals surface area contributed by atoms with E-state index in [1.807, 2.05) is 48.5 Å². The monoisotopic (exact) mass is 429 g/mol. The molecule has 0 amide bonds. The third kappa shape index (κ3) is 4.52. The van der Waals surface area contributed by atoms with Gasteiger partial charge in [-0.2, -0.15) is 0 Å². The van der Waals surface area contributed by atoms with Crippen LogP contribution in [0.4, 0.5) is 4.39 Å². The third-order valence-electron chi connectivity index (χ3n) is 7.02. The number of aliphatic hydroxyl groups is 1. The largest absolute Gasteiger partial charge is 0.390 e. The summed E-state index contributed by atoms with van der Waals surface area (Å²) in [5.74, 6) is 0.683. The second kappa shape index (κ2) is 8.61. The Bertz CT molecular complexity index is 1100. The molecule has 1 N–H and O–H groups in total. The Labute approximate surface area is 188 Å². The fourth-order valence-corrected chi connectivity index (χ4v) is 5.64. The van der Waals surface area contributed by atoms with Crippen molar-refractivity contribution in [2.45, 2.75) is 24.9 Å². The Morgan fingerprint density at radius 2 is 1.56 bits per heavy atom. The average molecular weight is 430 g/mol. The van der Waals surface area contributed by atoms with Gasteiger partial charge in [0.05, 0.1) is 12.1 Å². The number of fused-ring (bicyclic) bond motifs is 1. The van der Waals surface area contributed by atoms with E-state index >= 15 is 0 Å². The predicted molar refractivity (Wildman–Crippen MR) is 124 cm³/mol. The van der Waals surface area contributed by atoms with Gasteiger partial charge < -0.3 is 5.11 Å². The van der Waals surface area contributed by atoms with Crippen molar-refractivity contribution in [1.29, 1.82) is 0 Å². The van der Waals surface area contributed by atoms with Gasteiger partial charge in [0, 0.05) is 25.1 Å². The molecular weight excluding hydrogens is 401 g/mol. The lowest BCUT2D eigenvalue weighted by molar-refractivity contribution is 0.0355. The minimum absolute atomic E-state index is 0.0859. The number of benzene rings is 3. The molecule has 3 aromatic rings. The van der Waals surface area contributed by atoms with E-state index in [0.717, 1.165) is 37.1 Å². The van der Waals surface area contributed by atoms with E-state index < -0.39 is 5.60 Å². The lowest BCUT2D eigenvalue weighted by atomic mass is 9.91. The van der Waals surface area contributed by atoms with Crippen LogP contribution in [0.2, 0.25) is 0 Å². The van der Waals surface area contributed by atoms with Crippen molar-refractivity contribution < 1.29 is 14.3 Å². The summed E-state index contributed by atoms with van der Waals surface area (Å²) >= 11 is 0. The first-order valence-corrected chi connectivity index (χ1v) is 11.4. The lowest BCUT2D eigenvalue weighted by Crippen LogP contribution is -2.34. The Kier molecular flexibility index (Phi) is 5.66. The molecule has 5 rings (SSSR count). The zero-order valence-electron chi connectivity index (χ0n) is 18.1. The molecule has 2 fully saturated rings. The summed E-state index contributed by atoms with van der Waals surface area (Å²) in [6, 6.07) is 24.1. The molecule has 2 atom stereocenters. The van der Waals surface area contributed by atoms with Crippen LogP contribution in [0.25, 0.3) is 11.1 Å². The Morgan fingerprint density at radius 1 is 0.906 bits per heavy atom. The zero-order valence-corrected chi connectivity index (χ0v) is 18.1. The molecule has 0 aromatic heterocycles. The first-order chi connectivity index (χ1) is 15.5. The van der Waals surface area contributed by atoms with Gasteiger partial charge in [0.1, 0.15) is 5.82 Å². The van der Waals surface area contributed by atoms with Crippen LogP contribution in [0.5, 0.6) is 0 Å². The van der Waals surface area contributed by atoms with E-state index in [2.05, 4.69) is 17.0 Å². The predicted octanol–water partition coefficient (Wildman–Crippen LogP) is 4.99. The molecule has 0 spiro atoms. The Balaban J connectivity index is 1.20. The van der Waals surface area contributed by atoms with Gasteiger partial charge in [-0.15, -0.1) is 0 Å². The molecule has 1 saturated heterocycles. The van der Waals surface area contributed by atoms with Gasteiger partial charge in [-0.3, -0.25) is 9.69 Å². The summed E-state index contributed by atoms with van der Waals surface area (Å²) in [7, 11) is 0. The maximum Gasteiger partial charge on any atom is 0.176 e. The van der Waals surface area contributed by atoms with Gasteiger partial charge in [0.2, 0.25) is 0 Å². The number of rotatable bonds is 6. The second-order valence-corrected chi connectivity index (χ2v) is 9.52. The van der Waals surface area contributed by atoms with Crippen LogP contribution in [0.1, 0.15) is 28.8 Å². The van der Waals surface area contributed by atoms with E-state index in [0.29, 0.717) is 30.4 Å². The van der Waals surface area contributed by atoms with Crippen LogP contribution in [0.3, 0.4) is 0 Å². The number of hydrogen-bond donors (Lipinski definition) is 1. The third-order valence-corrected chi connectivity index (χ3v) is 7.02. The van der Waals surface area contributed by atoms with Crippen molar-refractivity contribution >= 4 is 5.78 Å². The molecule has 0 radical (unpaired) electrons. The Morgan fingerprint density at radius 3 is 2.25 bits per heavy atom. The van der Waals surface area contributed by atoms with Crippen LogP contribution >= 0.6 is 0 Å². The molecule has 2 aliphatic rings. The molecule has 3 aromatic carbocycles. The molecule has 1 aliphatic carbocycles. The highest BCUT2D eigenvalue weighted by Gasteiger charge is 2.48. The number of hydrogen-bond acceptors (Lipinski definition) is 3. The van der Waals surface area contributed by atoms with E-state index in [1.165, 1.54) is 17.7 Å². The van der Waals surface area contributed by atoms with Crippen molar-refractivity contribution in [3.05, 3.63) is 95.8 Å². The van der Waals surface area contributed by atoms with Crippen molar-refractivity contribution in [3.8, 4) is 11.1 Å². The summed E-state index contributed by atoms with van der Waals surface area (Å²) in [5.41, 5.74) is 2.82. The summed E-state index contributed by atoms with van der Waals surface area (Å²) < 4.78 is 13.6. The number of carbonyl (C=O) groups excluding carboxylic acids is 1. The van der Waals surface area contributed by atoms with Crippen molar-refractivity contribution in [2.24, 2.45) is 11.8 Å². The molecule has 0 bridgehead atoms. The van der Waals surface area contributed by atoms with E-state index in [1.54, 1.807) is 6.07 Å². The normalized spacial score (nSPS) is 25.1. The number of Topliss-reactive ketones (excluding diaryl/α,β-unsaturated/α-hetero) is 1. The molecule has 32 heavy (non-hydrogen) atoms. The molecule has 1 heterocycles. The highest BCUT2D eigenvalue weighted by Crippen LogP contribution is 2.45. The van der Waals surface area contributed by atoms with Gasteiger partial charge in [-0.05, 0) is 59.6 Å². The smallest absolute Gasteiger partial charge is 0.176 e. The van der Waals surface area contributed by atoms with Crippen molar-refractivity contribution in [1.82, 2.24) is 4.90 Å². The lowest BCUT2D eigenvalue weighted by Gasteiger charge is -2.26. The fourth-order valence-electron chi connectivity index (χ4n) is 5.64. The summed E-state index contributed by atoms with van der Waals surface area (Å²) in [6.07, 6.45) is 2.30. The van der Waals surface area contributed by atoms with E-state index in [9.17, 15) is 14.3 Å². The summed E-state index contributed by atoms with van der Waals surface area (Å²) in [5, 5.41) is 11.1. The van der Waals surface area contributed by atoms with Gasteiger partial charge >= 0.3 is 0 Å². The van der Waals surface area contributed by atoms with Gasteiger partial charge in [0.15, 0.2) is 5.78 Å². The first kappa shape index (κ1) is 21.0. The van der Waals surface area contributed by atoms with E-state index in [4.69, 9.17) is 0 Å². The van der Waals surface area contributed by atoms with Crippen LogP contribution < -0.4 is 0 Å². The molecule has 2 unspecified atom stereocenters. The van der Waals surface area contributed by atoms with Crippen LogP contribution in [0, 0.1) is 17.7 Å². The van der Waals surface area contributed by atoms with E-state index in [-0.39, 0.29) is 11.6 Å². The van der Waals surface area contributed by atoms with Crippen LogP contribution in [-0.2, 0) is 6.42 Å². The van der Waals surface area contributed by atoms with Crippen molar-refractivity contribution in [3.63, 3.8) is 0 Å². The Hall–Kier alpha value is -2.82. The maximum atomic E-state index is 13.6. The molecule has 164 valence electrons. The topological polar surface area (TPSA) is 40.5 Å². The van der Waals surface area contributed by atoms with Crippen molar-refractivity contribution in [2.75, 3.05) is 19.6 Å². The molecule has 4 heteroatoms. The number of carbonyl (C=O) groups is 1. The average Bonchev–Trinajstić information content (AvgIpc) is 3.28. The first-order valence-electron chi connectivity index (χ1n) is 11.4. The van der Waals surface area contributed by atoms with Gasteiger partial charge in [0.25, 0.3) is 0 Å². The fraction of sp³-hybridized carbons (Fsp3) is 0.321. The summed E-state index contributed by atoms with van der Waals surface area (Å²) in [4.78, 5) is 15.2. The molecule has 1 saturated carbocycles. The number of nitrogens with zero attached hydrogens (tertiary/aromatic N) is 1. The SMILES string of the molecule is O=C(CN1CC2CC(O)(Cc3ccccc3)CC2C1)c1cccc(-c2cccc(F)c2)c1. The van der Waals surface area contributed by atoms with Crippen LogP contribution in [0.15, 0.2) is 78.9 Å². The summed E-state index contributed by atoms with van der Waals surface area (Å²) in [6.45, 7) is 2.10. The van der Waals surface area contributed by atoms with Gasteiger partial charge in [-0.25, -0.2) is 4.39 Å². The maximum absolute atomic E-state index is 13.6. The van der Waals surface area contributed by atoms with Gasteiger partial charge in [-0.1, -0.05) is 60.7 Å². The minimum Gasteiger partial charge on any atom is -0.390 e. The minimum atomic E-state index is -0.633. The molecule has 3 nitrogen and oxygen atoms in total. The quantitative estimate of drug-likeness (QED) is 0.561. The highest BCUT2D eigenvalue weighted by atomic mass is 19.1. The molecular formula is C28H28FNO2. The number of halogens is 1. The zero-order chi connectivity index (χ0) is 22.1. The number of ketones is 1. The highest BCUT2D eigenvalue weighted by molar-refractivity contribution is 5.98. The number of likely N-dealkylation sites (tertiary alicyclic amines) is 1. The standard InChI is InChI=1S/C28H28FNO2/c29-26-11-5-9-22(13-26)21-8-4-10-23(12-21)27(31)19-30-17-24-15-28(32,16-25(24)18-30)14-20-6-2-1-3-7-20/h1-13,24-25,32H,14-19H2.